The number of benzene rings is 2. The highest BCUT2D eigenvalue weighted by molar-refractivity contribution is 6.30. The van der Waals surface area contributed by atoms with Crippen molar-refractivity contribution in [2.75, 3.05) is 13.1 Å². The number of nitrogens with one attached hydrogen (secondary N) is 1. The fourth-order valence-electron chi connectivity index (χ4n) is 3.71. The molecule has 1 N–H and O–H groups in total. The molecule has 0 saturated heterocycles. The zero-order chi connectivity index (χ0) is 23.3. The molecule has 1 aliphatic rings. The molecule has 2 aromatic carbocycles. The molecule has 0 fully saturated rings. The van der Waals surface area contributed by atoms with Crippen LogP contribution in [0.2, 0.25) is 5.02 Å². The minimum absolute atomic E-state index is 0.0950. The Kier molecular flexibility index (Phi) is 7.64. The van der Waals surface area contributed by atoms with Crippen LogP contribution < -0.4 is 5.32 Å². The summed E-state index contributed by atoms with van der Waals surface area (Å²) in [6, 6.07) is 13.1. The van der Waals surface area contributed by atoms with Crippen molar-refractivity contribution >= 4 is 35.2 Å². The van der Waals surface area contributed by atoms with Crippen LogP contribution in [0.5, 0.6) is 0 Å². The first-order chi connectivity index (χ1) is 15.3. The summed E-state index contributed by atoms with van der Waals surface area (Å²) in [5.41, 5.74) is 1.58. The Labute approximate surface area is 192 Å². The van der Waals surface area contributed by atoms with Gasteiger partial charge in [-0.2, -0.15) is 0 Å². The maximum atomic E-state index is 13.1. The van der Waals surface area contributed by atoms with E-state index in [1.807, 2.05) is 13.0 Å². The maximum absolute atomic E-state index is 13.1. The van der Waals surface area contributed by atoms with Gasteiger partial charge in [0.15, 0.2) is 0 Å². The van der Waals surface area contributed by atoms with Crippen LogP contribution in [0.15, 0.2) is 48.5 Å². The van der Waals surface area contributed by atoms with Crippen LogP contribution in [-0.2, 0) is 16.1 Å². The Bertz CT molecular complexity index is 1000. The molecule has 8 heteroatoms. The van der Waals surface area contributed by atoms with Gasteiger partial charge in [0, 0.05) is 31.1 Å². The van der Waals surface area contributed by atoms with E-state index in [0.717, 1.165) is 5.56 Å². The lowest BCUT2D eigenvalue weighted by Crippen LogP contribution is -2.47. The Morgan fingerprint density at radius 2 is 1.72 bits per heavy atom. The molecule has 1 atom stereocenters. The average Bonchev–Trinajstić information content (AvgIpc) is 3.02. The zero-order valence-corrected chi connectivity index (χ0v) is 18.9. The van der Waals surface area contributed by atoms with Gasteiger partial charge in [-0.15, -0.1) is 0 Å². The van der Waals surface area contributed by atoms with Gasteiger partial charge in [0.05, 0.1) is 11.1 Å². The lowest BCUT2D eigenvalue weighted by Gasteiger charge is -2.29. The van der Waals surface area contributed by atoms with Crippen molar-refractivity contribution in [2.24, 2.45) is 0 Å². The fraction of sp³-hybridized carbons (Fsp3) is 0.333. The molecule has 3 rings (SSSR count). The minimum atomic E-state index is -0.680. The second-order valence-corrected chi connectivity index (χ2v) is 8.07. The van der Waals surface area contributed by atoms with Gasteiger partial charge in [-0.3, -0.25) is 24.1 Å². The predicted molar refractivity (Wildman–Crippen MR) is 121 cm³/mol. The van der Waals surface area contributed by atoms with Gasteiger partial charge in [-0.25, -0.2) is 0 Å². The standard InChI is InChI=1S/C24H26ClN3O4/c1-3-26-22(30)16(2)28(15-17-8-6-9-18(25)14-17)21(29)12-7-13-27-23(31)19-10-4-5-11-20(19)24(27)32/h4-6,8-11,14,16H,3,7,12-13,15H2,1-2H3,(H,26,30)/t16-/m1/s1. The molecule has 0 unspecified atom stereocenters. The lowest BCUT2D eigenvalue weighted by molar-refractivity contribution is -0.140. The summed E-state index contributed by atoms with van der Waals surface area (Å²) in [7, 11) is 0. The maximum Gasteiger partial charge on any atom is 0.261 e. The number of hydrogen-bond donors (Lipinski definition) is 1. The minimum Gasteiger partial charge on any atom is -0.355 e. The monoisotopic (exact) mass is 455 g/mol. The summed E-state index contributed by atoms with van der Waals surface area (Å²) >= 11 is 6.07. The van der Waals surface area contributed by atoms with E-state index in [4.69, 9.17) is 11.6 Å². The van der Waals surface area contributed by atoms with Crippen LogP contribution in [-0.4, -0.2) is 52.6 Å². The van der Waals surface area contributed by atoms with E-state index >= 15 is 0 Å². The molecule has 7 nitrogen and oxygen atoms in total. The second-order valence-electron chi connectivity index (χ2n) is 7.63. The van der Waals surface area contributed by atoms with Gasteiger partial charge >= 0.3 is 0 Å². The second kappa shape index (κ2) is 10.4. The number of nitrogens with zero attached hydrogens (tertiary/aromatic N) is 2. The number of fused-ring (bicyclic) bond motifs is 1. The van der Waals surface area contributed by atoms with Crippen LogP contribution in [0.4, 0.5) is 0 Å². The molecule has 0 radical (unpaired) electrons. The van der Waals surface area contributed by atoms with Crippen molar-refractivity contribution in [2.45, 2.75) is 39.3 Å². The molecular formula is C24H26ClN3O4. The molecule has 4 amide bonds. The molecule has 0 bridgehead atoms. The first-order valence-corrected chi connectivity index (χ1v) is 11.0. The number of carbonyl (C=O) groups excluding carboxylic acids is 4. The highest BCUT2D eigenvalue weighted by Crippen LogP contribution is 2.23. The summed E-state index contributed by atoms with van der Waals surface area (Å²) in [5.74, 6) is -1.17. The average molecular weight is 456 g/mol. The molecule has 1 aliphatic heterocycles. The van der Waals surface area contributed by atoms with E-state index < -0.39 is 6.04 Å². The van der Waals surface area contributed by atoms with E-state index in [9.17, 15) is 19.2 Å². The Morgan fingerprint density at radius 1 is 1.06 bits per heavy atom. The number of halogens is 1. The molecule has 32 heavy (non-hydrogen) atoms. The molecule has 0 spiro atoms. The largest absolute Gasteiger partial charge is 0.355 e. The van der Waals surface area contributed by atoms with Crippen LogP contribution in [0.1, 0.15) is 53.0 Å². The Hall–Kier alpha value is -3.19. The van der Waals surface area contributed by atoms with Crippen LogP contribution in [0.3, 0.4) is 0 Å². The van der Waals surface area contributed by atoms with Crippen molar-refractivity contribution in [3.63, 3.8) is 0 Å². The first kappa shape index (κ1) is 23.5. The molecule has 168 valence electrons. The normalized spacial score (nSPS) is 13.7. The van der Waals surface area contributed by atoms with E-state index in [0.29, 0.717) is 29.1 Å². The van der Waals surface area contributed by atoms with E-state index in [2.05, 4.69) is 5.32 Å². The van der Waals surface area contributed by atoms with E-state index in [-0.39, 0.29) is 43.1 Å². The van der Waals surface area contributed by atoms with Crippen LogP contribution in [0.25, 0.3) is 0 Å². The summed E-state index contributed by atoms with van der Waals surface area (Å²) in [5, 5.41) is 3.29. The third kappa shape index (κ3) is 5.16. The van der Waals surface area contributed by atoms with Crippen molar-refractivity contribution in [1.82, 2.24) is 15.1 Å². The Morgan fingerprint density at radius 3 is 2.31 bits per heavy atom. The third-order valence-electron chi connectivity index (χ3n) is 5.41. The van der Waals surface area contributed by atoms with Crippen molar-refractivity contribution in [3.05, 3.63) is 70.2 Å². The number of hydrogen-bond acceptors (Lipinski definition) is 4. The quantitative estimate of drug-likeness (QED) is 0.588. The molecule has 2 aromatic rings. The first-order valence-electron chi connectivity index (χ1n) is 10.6. The summed E-state index contributed by atoms with van der Waals surface area (Å²) < 4.78 is 0. The molecular weight excluding hydrogens is 430 g/mol. The highest BCUT2D eigenvalue weighted by Gasteiger charge is 2.35. The highest BCUT2D eigenvalue weighted by atomic mass is 35.5. The van der Waals surface area contributed by atoms with Crippen molar-refractivity contribution in [1.29, 1.82) is 0 Å². The van der Waals surface area contributed by atoms with Crippen molar-refractivity contribution < 1.29 is 19.2 Å². The predicted octanol–water partition coefficient (Wildman–Crippen LogP) is 3.27. The topological polar surface area (TPSA) is 86.8 Å². The van der Waals surface area contributed by atoms with E-state index in [1.165, 1.54) is 9.80 Å². The summed E-state index contributed by atoms with van der Waals surface area (Å²) in [6.07, 6.45) is 0.399. The lowest BCUT2D eigenvalue weighted by atomic mass is 10.1. The number of rotatable bonds is 9. The van der Waals surface area contributed by atoms with E-state index in [1.54, 1.807) is 49.4 Å². The van der Waals surface area contributed by atoms with Gasteiger partial charge in [-0.1, -0.05) is 35.9 Å². The van der Waals surface area contributed by atoms with Gasteiger partial charge in [0.2, 0.25) is 11.8 Å². The van der Waals surface area contributed by atoms with Gasteiger partial charge in [0.25, 0.3) is 11.8 Å². The Balaban J connectivity index is 1.66. The summed E-state index contributed by atoms with van der Waals surface area (Å²) in [6.45, 7) is 4.32. The smallest absolute Gasteiger partial charge is 0.261 e. The van der Waals surface area contributed by atoms with Crippen LogP contribution >= 0.6 is 11.6 Å². The zero-order valence-electron chi connectivity index (χ0n) is 18.1. The number of amides is 4. The van der Waals surface area contributed by atoms with Crippen LogP contribution in [0, 0.1) is 0 Å². The number of likely N-dealkylation sites (N-methyl/N-ethyl adjacent to an activating group) is 1. The fourth-order valence-corrected chi connectivity index (χ4v) is 3.92. The molecule has 0 aromatic heterocycles. The summed E-state index contributed by atoms with van der Waals surface area (Å²) in [4.78, 5) is 53.2. The SMILES string of the molecule is CCNC(=O)[C@@H](C)N(Cc1cccc(Cl)c1)C(=O)CCCN1C(=O)c2ccccc2C1=O. The van der Waals surface area contributed by atoms with Gasteiger partial charge < -0.3 is 10.2 Å². The molecule has 0 saturated carbocycles. The van der Waals surface area contributed by atoms with Crippen molar-refractivity contribution in [3.8, 4) is 0 Å². The van der Waals surface area contributed by atoms with Gasteiger partial charge in [0.1, 0.15) is 6.04 Å². The molecule has 1 heterocycles. The van der Waals surface area contributed by atoms with Gasteiger partial charge in [-0.05, 0) is 50.1 Å². The third-order valence-corrected chi connectivity index (χ3v) is 5.65. The number of imide groups is 1. The molecule has 0 aliphatic carbocycles. The number of carbonyl (C=O) groups is 4.